The first-order valence-electron chi connectivity index (χ1n) is 14.5. The van der Waals surface area contributed by atoms with Crippen LogP contribution in [0.15, 0.2) is 42.6 Å². The van der Waals surface area contributed by atoms with Crippen LogP contribution in [0, 0.1) is 24.1 Å². The first-order valence-corrected chi connectivity index (χ1v) is 14.5. The second kappa shape index (κ2) is 12.7. The standard InChI is InChI=1S/C33H41F2N3O4/c1-7-33(5,6)42-28-19-32(3,4)15-16-38(28)30-24(18-29(39)40)21(2)36-20-25(30)26-12-13-27(31(35)37-26)41-17-14-22-8-10-23(34)11-9-22/h8-13,20,28H,7,14-19H2,1-6H3,(H,39,40). The highest BCUT2D eigenvalue weighted by Crippen LogP contribution is 2.43. The Morgan fingerprint density at radius 1 is 1.17 bits per heavy atom. The van der Waals surface area contributed by atoms with Gasteiger partial charge in [0.2, 0.25) is 0 Å². The van der Waals surface area contributed by atoms with E-state index < -0.39 is 17.5 Å². The zero-order valence-electron chi connectivity index (χ0n) is 25.3. The summed E-state index contributed by atoms with van der Waals surface area (Å²) >= 11 is 0. The van der Waals surface area contributed by atoms with E-state index in [0.29, 0.717) is 41.2 Å². The van der Waals surface area contributed by atoms with E-state index in [4.69, 9.17) is 9.47 Å². The van der Waals surface area contributed by atoms with Gasteiger partial charge in [0, 0.05) is 36.0 Å². The Bertz CT molecular complexity index is 1410. The molecular weight excluding hydrogens is 540 g/mol. The number of benzene rings is 1. The lowest BCUT2D eigenvalue weighted by Gasteiger charge is -2.47. The number of carboxylic acids is 1. The molecule has 9 heteroatoms. The molecule has 7 nitrogen and oxygen atoms in total. The fourth-order valence-electron chi connectivity index (χ4n) is 5.19. The number of hydrogen-bond donors (Lipinski definition) is 1. The number of aliphatic carboxylic acids is 1. The van der Waals surface area contributed by atoms with Gasteiger partial charge in [-0.1, -0.05) is 32.9 Å². The summed E-state index contributed by atoms with van der Waals surface area (Å²) in [5.74, 6) is -2.08. The molecule has 1 aromatic carbocycles. The SMILES string of the molecule is CCC(C)(C)OC1CC(C)(C)CCN1c1c(-c2ccc(OCCc3ccc(F)cc3)c(F)n2)cnc(C)c1CC(=O)O. The minimum absolute atomic E-state index is 0.00105. The number of nitrogens with zero attached hydrogens (tertiary/aromatic N) is 3. The van der Waals surface area contributed by atoms with Gasteiger partial charge in [0.15, 0.2) is 5.75 Å². The maximum Gasteiger partial charge on any atom is 0.307 e. The summed E-state index contributed by atoms with van der Waals surface area (Å²) < 4.78 is 40.8. The maximum absolute atomic E-state index is 15.3. The minimum Gasteiger partial charge on any atom is -0.488 e. The predicted octanol–water partition coefficient (Wildman–Crippen LogP) is 7.14. The summed E-state index contributed by atoms with van der Waals surface area (Å²) in [6, 6.07) is 9.27. The third-order valence-electron chi connectivity index (χ3n) is 8.04. The van der Waals surface area contributed by atoms with E-state index in [1.165, 1.54) is 18.2 Å². The molecule has 1 saturated heterocycles. The predicted molar refractivity (Wildman–Crippen MR) is 159 cm³/mol. The van der Waals surface area contributed by atoms with Gasteiger partial charge in [0.25, 0.3) is 5.95 Å². The number of aromatic nitrogens is 2. The zero-order chi connectivity index (χ0) is 30.7. The molecule has 0 aliphatic carbocycles. The van der Waals surface area contributed by atoms with Crippen LogP contribution in [0.4, 0.5) is 14.5 Å². The summed E-state index contributed by atoms with van der Waals surface area (Å²) in [7, 11) is 0. The molecule has 1 aliphatic heterocycles. The van der Waals surface area contributed by atoms with E-state index in [0.717, 1.165) is 24.8 Å². The monoisotopic (exact) mass is 581 g/mol. The lowest BCUT2D eigenvalue weighted by atomic mass is 9.80. The first kappa shape index (κ1) is 31.3. The summed E-state index contributed by atoms with van der Waals surface area (Å²) in [5, 5.41) is 9.82. The lowest BCUT2D eigenvalue weighted by molar-refractivity contribution is -0.136. The van der Waals surface area contributed by atoms with Crippen molar-refractivity contribution in [3.05, 3.63) is 71.2 Å². The van der Waals surface area contributed by atoms with Gasteiger partial charge < -0.3 is 19.5 Å². The molecule has 4 rings (SSSR count). The van der Waals surface area contributed by atoms with Crippen molar-refractivity contribution in [2.45, 2.75) is 85.5 Å². The zero-order valence-corrected chi connectivity index (χ0v) is 25.3. The van der Waals surface area contributed by atoms with Crippen molar-refractivity contribution in [2.24, 2.45) is 5.41 Å². The summed E-state index contributed by atoms with van der Waals surface area (Å²) in [6.45, 7) is 13.2. The Hall–Kier alpha value is -3.59. The second-order valence-corrected chi connectivity index (χ2v) is 12.4. The molecule has 3 aromatic rings. The number of carbonyl (C=O) groups is 1. The second-order valence-electron chi connectivity index (χ2n) is 12.4. The van der Waals surface area contributed by atoms with Crippen LogP contribution in [0.3, 0.4) is 0 Å². The topological polar surface area (TPSA) is 84.8 Å². The summed E-state index contributed by atoms with van der Waals surface area (Å²) in [6.07, 6.45) is 3.97. The Balaban J connectivity index is 1.71. The van der Waals surface area contributed by atoms with Crippen LogP contribution in [-0.4, -0.2) is 46.0 Å². The number of halogens is 2. The molecule has 42 heavy (non-hydrogen) atoms. The fourth-order valence-corrected chi connectivity index (χ4v) is 5.19. The molecule has 1 N–H and O–H groups in total. The van der Waals surface area contributed by atoms with E-state index in [9.17, 15) is 14.3 Å². The normalized spacial score (nSPS) is 16.9. The summed E-state index contributed by atoms with van der Waals surface area (Å²) in [4.78, 5) is 22.8. The Labute approximate surface area is 246 Å². The van der Waals surface area contributed by atoms with Gasteiger partial charge in [-0.05, 0) is 75.3 Å². The molecule has 1 aliphatic rings. The van der Waals surface area contributed by atoms with E-state index in [1.807, 2.05) is 0 Å². The van der Waals surface area contributed by atoms with E-state index >= 15 is 4.39 Å². The van der Waals surface area contributed by atoms with Crippen molar-refractivity contribution in [3.63, 3.8) is 0 Å². The molecule has 0 bridgehead atoms. The van der Waals surface area contributed by atoms with Gasteiger partial charge in [-0.15, -0.1) is 0 Å². The Kier molecular flexibility index (Phi) is 9.50. The van der Waals surface area contributed by atoms with Gasteiger partial charge in [-0.2, -0.15) is 4.39 Å². The minimum atomic E-state index is -0.981. The van der Waals surface area contributed by atoms with Crippen LogP contribution in [-0.2, 0) is 22.4 Å². The highest BCUT2D eigenvalue weighted by Gasteiger charge is 2.39. The van der Waals surface area contributed by atoms with Crippen molar-refractivity contribution in [1.29, 1.82) is 0 Å². The summed E-state index contributed by atoms with van der Waals surface area (Å²) in [5.41, 5.74) is 3.17. The molecule has 0 radical (unpaired) electrons. The number of hydrogen-bond acceptors (Lipinski definition) is 6. The highest BCUT2D eigenvalue weighted by atomic mass is 19.1. The largest absolute Gasteiger partial charge is 0.488 e. The van der Waals surface area contributed by atoms with Crippen molar-refractivity contribution >= 4 is 11.7 Å². The van der Waals surface area contributed by atoms with E-state index in [-0.39, 0.29) is 36.2 Å². The van der Waals surface area contributed by atoms with Gasteiger partial charge in [0.1, 0.15) is 12.0 Å². The Morgan fingerprint density at radius 3 is 2.52 bits per heavy atom. The van der Waals surface area contributed by atoms with Crippen LogP contribution >= 0.6 is 0 Å². The molecule has 1 unspecified atom stereocenters. The quantitative estimate of drug-likeness (QED) is 0.241. The Morgan fingerprint density at radius 2 is 1.88 bits per heavy atom. The smallest absolute Gasteiger partial charge is 0.307 e. The maximum atomic E-state index is 15.3. The van der Waals surface area contributed by atoms with Crippen LogP contribution < -0.4 is 9.64 Å². The number of ether oxygens (including phenoxy) is 2. The van der Waals surface area contributed by atoms with Crippen molar-refractivity contribution < 1.29 is 28.2 Å². The van der Waals surface area contributed by atoms with Gasteiger partial charge >= 0.3 is 5.97 Å². The van der Waals surface area contributed by atoms with Crippen molar-refractivity contribution in [3.8, 4) is 17.0 Å². The fraction of sp³-hybridized carbons (Fsp3) is 0.485. The third-order valence-corrected chi connectivity index (χ3v) is 8.04. The molecule has 1 fully saturated rings. The van der Waals surface area contributed by atoms with Gasteiger partial charge in [-0.25, -0.2) is 9.37 Å². The molecule has 0 amide bonds. The number of rotatable bonds is 11. The van der Waals surface area contributed by atoms with Crippen LogP contribution in [0.25, 0.3) is 11.3 Å². The van der Waals surface area contributed by atoms with Crippen molar-refractivity contribution in [1.82, 2.24) is 9.97 Å². The number of carboxylic acid groups (broad SMARTS) is 1. The van der Waals surface area contributed by atoms with Crippen molar-refractivity contribution in [2.75, 3.05) is 18.1 Å². The molecule has 3 heterocycles. The number of anilines is 1. The van der Waals surface area contributed by atoms with Crippen LogP contribution in [0.1, 0.15) is 70.7 Å². The average molecular weight is 582 g/mol. The van der Waals surface area contributed by atoms with E-state index in [2.05, 4.69) is 49.5 Å². The third kappa shape index (κ3) is 7.62. The van der Waals surface area contributed by atoms with Crippen LogP contribution in [0.5, 0.6) is 5.75 Å². The molecular formula is C33H41F2N3O4. The van der Waals surface area contributed by atoms with Gasteiger partial charge in [-0.3, -0.25) is 9.78 Å². The molecule has 0 spiro atoms. The first-order chi connectivity index (χ1) is 19.8. The number of pyridine rings is 2. The molecule has 226 valence electrons. The number of piperidine rings is 1. The highest BCUT2D eigenvalue weighted by molar-refractivity contribution is 5.83. The molecule has 2 aromatic heterocycles. The van der Waals surface area contributed by atoms with Gasteiger partial charge in [0.05, 0.1) is 30.0 Å². The number of aryl methyl sites for hydroxylation is 1. The van der Waals surface area contributed by atoms with Crippen LogP contribution in [0.2, 0.25) is 0 Å². The van der Waals surface area contributed by atoms with E-state index in [1.54, 1.807) is 31.3 Å². The average Bonchev–Trinajstić information content (AvgIpc) is 2.91. The lowest BCUT2D eigenvalue weighted by Crippen LogP contribution is -2.50. The molecule has 0 saturated carbocycles. The molecule has 1 atom stereocenters.